The van der Waals surface area contributed by atoms with Gasteiger partial charge in [0.2, 0.25) is 0 Å². The van der Waals surface area contributed by atoms with E-state index in [1.54, 1.807) is 0 Å². The lowest BCUT2D eigenvalue weighted by molar-refractivity contribution is -0.173. The highest BCUT2D eigenvalue weighted by Crippen LogP contribution is 2.78. The van der Waals surface area contributed by atoms with Gasteiger partial charge in [-0.3, -0.25) is 0 Å². The number of hydrogen-bond donors (Lipinski definition) is 0. The maximum atomic E-state index is 5.99. The number of rotatable bonds is 0. The summed E-state index contributed by atoms with van der Waals surface area (Å²) in [7, 11) is 0. The zero-order valence-corrected chi connectivity index (χ0v) is 12.4. The Balaban J connectivity index is 2.47. The summed E-state index contributed by atoms with van der Waals surface area (Å²) in [6.07, 6.45) is 38.7. The van der Waals surface area contributed by atoms with Crippen molar-refractivity contribution < 1.29 is 0 Å². The van der Waals surface area contributed by atoms with Gasteiger partial charge in [-0.25, -0.2) is 0 Å². The summed E-state index contributed by atoms with van der Waals surface area (Å²) in [6, 6.07) is 0. The van der Waals surface area contributed by atoms with E-state index in [4.69, 9.17) is 38.5 Å². The van der Waals surface area contributed by atoms with Crippen molar-refractivity contribution in [1.82, 2.24) is 0 Å². The Hall–Kier alpha value is -2.64. The van der Waals surface area contributed by atoms with Gasteiger partial charge in [0.15, 0.2) is 0 Å². The maximum Gasteiger partial charge on any atom is 0.127 e. The summed E-state index contributed by atoms with van der Waals surface area (Å²) in [6.45, 7) is 0. The molecule has 0 nitrogen and oxygen atoms in total. The topological polar surface area (TPSA) is 0 Å². The third-order valence-electron chi connectivity index (χ3n) is 6.50. The summed E-state index contributed by atoms with van der Waals surface area (Å²) in [5, 5.41) is 0. The first kappa shape index (κ1) is 14.3. The van der Waals surface area contributed by atoms with Gasteiger partial charge in [-0.1, -0.05) is 35.5 Å². The first-order valence-corrected chi connectivity index (χ1v) is 7.37. The Morgan fingerprint density at radius 3 is 1.77 bits per heavy atom. The van der Waals surface area contributed by atoms with Crippen LogP contribution in [0.2, 0.25) is 0 Å². The van der Waals surface area contributed by atoms with Crippen molar-refractivity contribution in [2.45, 2.75) is 25.7 Å². The van der Waals surface area contributed by atoms with Gasteiger partial charge in [0.25, 0.3) is 0 Å². The number of terminal acetylenes is 6. The summed E-state index contributed by atoms with van der Waals surface area (Å²) < 4.78 is 0. The molecule has 22 heavy (non-hydrogen) atoms. The van der Waals surface area contributed by atoms with E-state index in [2.05, 4.69) is 35.5 Å². The molecule has 0 heterocycles. The summed E-state index contributed by atoms with van der Waals surface area (Å²) in [5.74, 6) is 17.6. The monoisotopic (exact) mass is 280 g/mol. The van der Waals surface area contributed by atoms with Crippen LogP contribution in [-0.4, -0.2) is 0 Å². The van der Waals surface area contributed by atoms with Crippen molar-refractivity contribution >= 4 is 0 Å². The third-order valence-corrected chi connectivity index (χ3v) is 6.50. The summed E-state index contributed by atoms with van der Waals surface area (Å²) in [5.41, 5.74) is -3.54. The van der Waals surface area contributed by atoms with Gasteiger partial charge in [-0.15, -0.1) is 38.5 Å². The molecule has 0 spiro atoms. The van der Waals surface area contributed by atoms with Crippen molar-refractivity contribution in [2.75, 3.05) is 0 Å². The van der Waals surface area contributed by atoms with E-state index in [9.17, 15) is 0 Å². The SMILES string of the molecule is C#CC12CC3CC(C1)C(C#C)(C#C)C(C#C)(C3)C2(C#C)C#C. The van der Waals surface area contributed by atoms with E-state index < -0.39 is 21.7 Å². The molecule has 0 aromatic carbocycles. The second-order valence-electron chi connectivity index (χ2n) is 6.82. The van der Waals surface area contributed by atoms with E-state index >= 15 is 0 Å². The van der Waals surface area contributed by atoms with E-state index in [0.717, 1.165) is 12.8 Å². The molecule has 4 rings (SSSR count). The fraction of sp³-hybridized carbons (Fsp3) is 0.455. The molecule has 0 heteroatoms. The smallest absolute Gasteiger partial charge is 0.119 e. The Morgan fingerprint density at radius 2 is 1.32 bits per heavy atom. The minimum absolute atomic E-state index is 0.0805. The predicted octanol–water partition coefficient (Wildman–Crippen LogP) is 2.56. The first-order chi connectivity index (χ1) is 10.5. The Bertz CT molecular complexity index is 769. The van der Waals surface area contributed by atoms with Gasteiger partial charge in [0.05, 0.1) is 10.8 Å². The molecule has 0 saturated heterocycles. The molecular formula is C22H16. The molecule has 4 atom stereocenters. The quantitative estimate of drug-likeness (QED) is 0.598. The highest BCUT2D eigenvalue weighted by atomic mass is 14.8. The van der Waals surface area contributed by atoms with Crippen LogP contribution in [-0.2, 0) is 0 Å². The van der Waals surface area contributed by atoms with Crippen LogP contribution in [0.1, 0.15) is 25.7 Å². The average Bonchev–Trinajstić information content (AvgIpc) is 2.56. The van der Waals surface area contributed by atoms with E-state index in [1.165, 1.54) is 0 Å². The van der Waals surface area contributed by atoms with Gasteiger partial charge >= 0.3 is 0 Å². The molecule has 0 aromatic heterocycles. The molecule has 4 fully saturated rings. The molecule has 0 radical (unpaired) electrons. The Morgan fingerprint density at radius 1 is 0.682 bits per heavy atom. The second kappa shape index (κ2) is 3.96. The molecule has 4 saturated carbocycles. The van der Waals surface area contributed by atoms with E-state index in [1.807, 2.05) is 0 Å². The molecule has 0 N–H and O–H groups in total. The first-order valence-electron chi connectivity index (χ1n) is 7.37. The standard InChI is InChI=1S/C22H16/c1-7-19-14-17-13-18(16-19)20(8-2,9-3)22(12-6,15-17)21(19,10-4)11-5/h1-6,17-18H,13-16H2. The molecule has 0 aromatic rings. The molecule has 0 aliphatic heterocycles. The van der Waals surface area contributed by atoms with Crippen LogP contribution in [0.15, 0.2) is 0 Å². The van der Waals surface area contributed by atoms with Crippen molar-refractivity contribution in [3.8, 4) is 74.1 Å². The van der Waals surface area contributed by atoms with Crippen LogP contribution in [0.4, 0.5) is 0 Å². The van der Waals surface area contributed by atoms with E-state index in [0.29, 0.717) is 18.8 Å². The van der Waals surface area contributed by atoms with Crippen molar-refractivity contribution in [3.63, 3.8) is 0 Å². The van der Waals surface area contributed by atoms with Crippen molar-refractivity contribution in [2.24, 2.45) is 33.5 Å². The van der Waals surface area contributed by atoms with Crippen LogP contribution in [0.5, 0.6) is 0 Å². The summed E-state index contributed by atoms with van der Waals surface area (Å²) in [4.78, 5) is 0. The normalized spacial score (nSPS) is 41.7. The second-order valence-corrected chi connectivity index (χ2v) is 6.82. The number of hydrogen-bond acceptors (Lipinski definition) is 0. The molecule has 4 aliphatic carbocycles. The van der Waals surface area contributed by atoms with Crippen LogP contribution < -0.4 is 0 Å². The zero-order valence-electron chi connectivity index (χ0n) is 12.4. The van der Waals surface area contributed by atoms with Crippen LogP contribution in [0, 0.1) is 108 Å². The zero-order chi connectivity index (χ0) is 16.2. The Kier molecular flexibility index (Phi) is 2.58. The molecule has 4 unspecified atom stereocenters. The van der Waals surface area contributed by atoms with E-state index in [-0.39, 0.29) is 5.92 Å². The predicted molar refractivity (Wildman–Crippen MR) is 88.2 cm³/mol. The molecule has 104 valence electrons. The fourth-order valence-corrected chi connectivity index (χ4v) is 5.75. The average molecular weight is 280 g/mol. The van der Waals surface area contributed by atoms with Gasteiger partial charge < -0.3 is 0 Å². The lowest BCUT2D eigenvalue weighted by Gasteiger charge is -2.71. The summed E-state index contributed by atoms with van der Waals surface area (Å²) >= 11 is 0. The van der Waals surface area contributed by atoms with Crippen molar-refractivity contribution in [3.05, 3.63) is 0 Å². The van der Waals surface area contributed by atoms with Gasteiger partial charge in [-0.05, 0) is 37.5 Å². The minimum atomic E-state index is -1.09. The van der Waals surface area contributed by atoms with Gasteiger partial charge in [-0.2, -0.15) is 0 Å². The van der Waals surface area contributed by atoms with Crippen molar-refractivity contribution in [1.29, 1.82) is 0 Å². The lowest BCUT2D eigenvalue weighted by Crippen LogP contribution is -2.71. The molecule has 0 amide bonds. The van der Waals surface area contributed by atoms with Crippen LogP contribution in [0.3, 0.4) is 0 Å². The molecule has 4 aliphatic rings. The minimum Gasteiger partial charge on any atom is -0.119 e. The highest BCUT2D eigenvalue weighted by Gasteiger charge is 2.79. The van der Waals surface area contributed by atoms with Crippen LogP contribution >= 0.6 is 0 Å². The Labute approximate surface area is 133 Å². The van der Waals surface area contributed by atoms with Gasteiger partial charge in [0.1, 0.15) is 10.8 Å². The molecular weight excluding hydrogens is 264 g/mol. The van der Waals surface area contributed by atoms with Gasteiger partial charge in [0, 0.05) is 0 Å². The third kappa shape index (κ3) is 1.02. The van der Waals surface area contributed by atoms with Crippen LogP contribution in [0.25, 0.3) is 0 Å². The fourth-order valence-electron chi connectivity index (χ4n) is 5.75. The lowest BCUT2D eigenvalue weighted by atomic mass is 9.27. The largest absolute Gasteiger partial charge is 0.127 e. The molecule has 4 bridgehead atoms. The maximum absolute atomic E-state index is 5.99. The highest BCUT2D eigenvalue weighted by molar-refractivity contribution is 5.54.